The molecule has 0 saturated heterocycles. The maximum atomic E-state index is 13.0. The number of aliphatic hydroxyl groups is 1. The van der Waals surface area contributed by atoms with Gasteiger partial charge in [-0.25, -0.2) is 0 Å². The van der Waals surface area contributed by atoms with E-state index in [9.17, 15) is 14.7 Å². The Labute approximate surface area is 182 Å². The summed E-state index contributed by atoms with van der Waals surface area (Å²) < 4.78 is 10.5. The molecular formula is C24H28N2O5. The van der Waals surface area contributed by atoms with E-state index in [4.69, 9.17) is 9.15 Å². The standard InChI is InChI=1S/C24H28N2O5/c1-4-25(5-2)14-15-26-22(17-8-10-18(30-3)11-9-17)21(23(28)24(26)29)20(27)13-12-19-7-6-16-31-19/h6-13,16,22,28H,4-5,14-15H2,1-3H3/b13-12+/t22-/m0/s1. The summed E-state index contributed by atoms with van der Waals surface area (Å²) >= 11 is 0. The predicted octanol–water partition coefficient (Wildman–Crippen LogP) is 3.61. The molecule has 2 aromatic rings. The molecule has 0 unspecified atom stereocenters. The van der Waals surface area contributed by atoms with Crippen LogP contribution in [0.15, 0.2) is 64.5 Å². The summed E-state index contributed by atoms with van der Waals surface area (Å²) in [4.78, 5) is 29.7. The number of methoxy groups -OCH3 is 1. The summed E-state index contributed by atoms with van der Waals surface area (Å²) in [5, 5.41) is 10.6. The van der Waals surface area contributed by atoms with Gasteiger partial charge in [-0.2, -0.15) is 0 Å². The maximum Gasteiger partial charge on any atom is 0.290 e. The van der Waals surface area contributed by atoms with Crippen LogP contribution >= 0.6 is 0 Å². The van der Waals surface area contributed by atoms with E-state index in [1.54, 1.807) is 36.3 Å². The summed E-state index contributed by atoms with van der Waals surface area (Å²) in [6.45, 7) is 6.84. The number of carbonyl (C=O) groups excluding carboxylic acids is 2. The van der Waals surface area contributed by atoms with Gasteiger partial charge in [-0.05, 0) is 55.1 Å². The Balaban J connectivity index is 1.94. The first-order valence-electron chi connectivity index (χ1n) is 10.4. The zero-order chi connectivity index (χ0) is 22.4. The molecule has 1 aromatic carbocycles. The molecule has 3 rings (SSSR count). The molecule has 0 aliphatic carbocycles. The summed E-state index contributed by atoms with van der Waals surface area (Å²) in [6, 6.07) is 9.93. The van der Waals surface area contributed by atoms with Crippen molar-refractivity contribution in [1.82, 2.24) is 9.80 Å². The van der Waals surface area contributed by atoms with E-state index >= 15 is 0 Å². The van der Waals surface area contributed by atoms with E-state index in [2.05, 4.69) is 18.7 Å². The van der Waals surface area contributed by atoms with Gasteiger partial charge in [0.25, 0.3) is 5.91 Å². The van der Waals surface area contributed by atoms with Gasteiger partial charge < -0.3 is 24.1 Å². The van der Waals surface area contributed by atoms with E-state index in [1.807, 2.05) is 12.1 Å². The van der Waals surface area contributed by atoms with Crippen LogP contribution in [-0.2, 0) is 9.59 Å². The van der Waals surface area contributed by atoms with Gasteiger partial charge in [-0.3, -0.25) is 9.59 Å². The Kier molecular flexibility index (Phi) is 7.31. The van der Waals surface area contributed by atoms with Crippen LogP contribution in [0.4, 0.5) is 0 Å². The first-order chi connectivity index (χ1) is 15.0. The van der Waals surface area contributed by atoms with Gasteiger partial charge in [0, 0.05) is 13.1 Å². The Hall–Kier alpha value is -3.32. The Morgan fingerprint density at radius 1 is 1.23 bits per heavy atom. The minimum atomic E-state index is -0.678. The largest absolute Gasteiger partial charge is 0.503 e. The maximum absolute atomic E-state index is 13.0. The van der Waals surface area contributed by atoms with Crippen molar-refractivity contribution < 1.29 is 23.8 Å². The highest BCUT2D eigenvalue weighted by molar-refractivity contribution is 6.14. The topological polar surface area (TPSA) is 83.2 Å². The molecule has 1 aliphatic heterocycles. The van der Waals surface area contributed by atoms with Crippen molar-refractivity contribution in [2.75, 3.05) is 33.3 Å². The zero-order valence-corrected chi connectivity index (χ0v) is 18.1. The Morgan fingerprint density at radius 3 is 2.52 bits per heavy atom. The lowest BCUT2D eigenvalue weighted by Gasteiger charge is -2.29. The van der Waals surface area contributed by atoms with E-state index in [0.717, 1.165) is 18.7 Å². The number of allylic oxidation sites excluding steroid dienone is 1. The molecule has 0 spiro atoms. The lowest BCUT2D eigenvalue weighted by Crippen LogP contribution is -2.38. The molecule has 0 fully saturated rings. The number of hydrogen-bond donors (Lipinski definition) is 1. The van der Waals surface area contributed by atoms with E-state index in [1.165, 1.54) is 18.4 Å². The smallest absolute Gasteiger partial charge is 0.290 e. The summed E-state index contributed by atoms with van der Waals surface area (Å²) in [5.74, 6) is -0.302. The monoisotopic (exact) mass is 424 g/mol. The quantitative estimate of drug-likeness (QED) is 0.587. The highest BCUT2D eigenvalue weighted by atomic mass is 16.5. The molecule has 0 saturated carbocycles. The lowest BCUT2D eigenvalue weighted by atomic mass is 9.95. The van der Waals surface area contributed by atoms with Gasteiger partial charge in [0.2, 0.25) is 0 Å². The second-order valence-electron chi connectivity index (χ2n) is 7.18. The van der Waals surface area contributed by atoms with Crippen molar-refractivity contribution in [1.29, 1.82) is 0 Å². The zero-order valence-electron chi connectivity index (χ0n) is 18.1. The average Bonchev–Trinajstić information content (AvgIpc) is 3.40. The van der Waals surface area contributed by atoms with Crippen LogP contribution in [0.25, 0.3) is 6.08 Å². The third-order valence-electron chi connectivity index (χ3n) is 5.49. The molecule has 1 amide bonds. The molecule has 31 heavy (non-hydrogen) atoms. The number of carbonyl (C=O) groups is 2. The first kappa shape index (κ1) is 22.4. The third-order valence-corrected chi connectivity index (χ3v) is 5.49. The van der Waals surface area contributed by atoms with Crippen LogP contribution in [0.2, 0.25) is 0 Å². The van der Waals surface area contributed by atoms with Crippen LogP contribution in [-0.4, -0.2) is 59.9 Å². The number of nitrogens with zero attached hydrogens (tertiary/aromatic N) is 2. The van der Waals surface area contributed by atoms with Crippen LogP contribution in [0.3, 0.4) is 0 Å². The SMILES string of the molecule is CCN(CC)CCN1C(=O)C(O)=C(C(=O)/C=C/c2ccco2)[C@@H]1c1ccc(OC)cc1. The molecule has 1 aromatic heterocycles. The number of hydrogen-bond acceptors (Lipinski definition) is 6. The Bertz CT molecular complexity index is 956. The summed E-state index contributed by atoms with van der Waals surface area (Å²) in [5.41, 5.74) is 0.796. The van der Waals surface area contributed by atoms with Gasteiger partial charge in [0.1, 0.15) is 11.5 Å². The van der Waals surface area contributed by atoms with Crippen molar-refractivity contribution in [2.24, 2.45) is 0 Å². The molecule has 1 aliphatic rings. The molecule has 2 heterocycles. The van der Waals surface area contributed by atoms with Crippen LogP contribution in [0, 0.1) is 0 Å². The number of aliphatic hydroxyl groups excluding tert-OH is 1. The van der Waals surface area contributed by atoms with Gasteiger partial charge in [-0.15, -0.1) is 0 Å². The number of furan rings is 1. The molecule has 7 nitrogen and oxygen atoms in total. The number of likely N-dealkylation sites (N-methyl/N-ethyl adjacent to an activating group) is 1. The van der Waals surface area contributed by atoms with Crippen molar-refractivity contribution in [3.05, 3.63) is 71.4 Å². The number of benzene rings is 1. The molecular weight excluding hydrogens is 396 g/mol. The number of rotatable bonds is 10. The highest BCUT2D eigenvalue weighted by Gasteiger charge is 2.42. The molecule has 7 heteroatoms. The van der Waals surface area contributed by atoms with Gasteiger partial charge in [-0.1, -0.05) is 26.0 Å². The predicted molar refractivity (Wildman–Crippen MR) is 118 cm³/mol. The molecule has 164 valence electrons. The van der Waals surface area contributed by atoms with Gasteiger partial charge in [0.15, 0.2) is 11.5 Å². The summed E-state index contributed by atoms with van der Waals surface area (Å²) in [7, 11) is 1.57. The van der Waals surface area contributed by atoms with E-state index < -0.39 is 23.5 Å². The van der Waals surface area contributed by atoms with Crippen LogP contribution < -0.4 is 4.74 Å². The fraction of sp³-hybridized carbons (Fsp3) is 0.333. The first-order valence-corrected chi connectivity index (χ1v) is 10.4. The minimum Gasteiger partial charge on any atom is -0.503 e. The molecule has 0 radical (unpaired) electrons. The summed E-state index contributed by atoms with van der Waals surface area (Å²) in [6.07, 6.45) is 4.36. The van der Waals surface area contributed by atoms with Crippen molar-refractivity contribution in [2.45, 2.75) is 19.9 Å². The Morgan fingerprint density at radius 2 is 1.94 bits per heavy atom. The van der Waals surface area contributed by atoms with E-state index in [-0.39, 0.29) is 5.57 Å². The van der Waals surface area contributed by atoms with Gasteiger partial charge in [0.05, 0.1) is 25.0 Å². The van der Waals surface area contributed by atoms with Crippen LogP contribution in [0.5, 0.6) is 5.75 Å². The van der Waals surface area contributed by atoms with Crippen molar-refractivity contribution in [3.8, 4) is 5.75 Å². The third kappa shape index (κ3) is 4.88. The second-order valence-corrected chi connectivity index (χ2v) is 7.18. The number of amides is 1. The average molecular weight is 424 g/mol. The fourth-order valence-corrected chi connectivity index (χ4v) is 3.69. The van der Waals surface area contributed by atoms with E-state index in [0.29, 0.717) is 24.6 Å². The normalized spacial score (nSPS) is 16.7. The molecule has 0 bridgehead atoms. The van der Waals surface area contributed by atoms with Gasteiger partial charge >= 0.3 is 0 Å². The molecule has 1 N–H and O–H groups in total. The fourth-order valence-electron chi connectivity index (χ4n) is 3.69. The molecule has 1 atom stereocenters. The minimum absolute atomic E-state index is 0.0671. The second kappa shape index (κ2) is 10.1. The van der Waals surface area contributed by atoms with Crippen molar-refractivity contribution >= 4 is 17.8 Å². The van der Waals surface area contributed by atoms with Crippen molar-refractivity contribution in [3.63, 3.8) is 0 Å². The number of ketones is 1. The highest BCUT2D eigenvalue weighted by Crippen LogP contribution is 2.38. The lowest BCUT2D eigenvalue weighted by molar-refractivity contribution is -0.129. The number of ether oxygens (including phenoxy) is 1. The van der Waals surface area contributed by atoms with Crippen LogP contribution in [0.1, 0.15) is 31.2 Å².